The molecule has 1 aliphatic heterocycles. The van der Waals surface area contributed by atoms with Gasteiger partial charge in [0.15, 0.2) is 5.96 Å². The minimum absolute atomic E-state index is 0. The van der Waals surface area contributed by atoms with Crippen LogP contribution in [0.3, 0.4) is 0 Å². The highest BCUT2D eigenvalue weighted by atomic mass is 127. The van der Waals surface area contributed by atoms with E-state index in [9.17, 15) is 0 Å². The Morgan fingerprint density at radius 1 is 1.28 bits per heavy atom. The predicted octanol–water partition coefficient (Wildman–Crippen LogP) is 3.70. The molecule has 25 heavy (non-hydrogen) atoms. The molecule has 0 amide bonds. The zero-order valence-electron chi connectivity index (χ0n) is 14.3. The third-order valence-electron chi connectivity index (χ3n) is 3.85. The number of guanidine groups is 1. The lowest BCUT2D eigenvalue weighted by molar-refractivity contribution is 0.373. The molecule has 3 heterocycles. The maximum absolute atomic E-state index is 4.45. The smallest absolute Gasteiger partial charge is 0.193 e. The molecule has 0 saturated carbocycles. The average molecular weight is 510 g/mol. The van der Waals surface area contributed by atoms with E-state index < -0.39 is 0 Å². The lowest BCUT2D eigenvalue weighted by Crippen LogP contribution is -2.52. The second-order valence-corrected chi connectivity index (χ2v) is 8.56. The SMILES string of the molecule is CN=C(NCCCSc1nccs1)N1CCN(c2cccs2)CC1.I. The van der Waals surface area contributed by atoms with Gasteiger partial charge in [-0.05, 0) is 23.9 Å². The summed E-state index contributed by atoms with van der Waals surface area (Å²) in [5.74, 6) is 2.11. The van der Waals surface area contributed by atoms with Gasteiger partial charge in [-0.1, -0.05) is 11.8 Å². The fourth-order valence-electron chi connectivity index (χ4n) is 2.63. The molecule has 2 aromatic rings. The first-order valence-corrected chi connectivity index (χ1v) is 10.9. The molecular formula is C16H24IN5S3. The quantitative estimate of drug-likeness (QED) is 0.212. The summed E-state index contributed by atoms with van der Waals surface area (Å²) in [4.78, 5) is 13.6. The Morgan fingerprint density at radius 3 is 2.76 bits per heavy atom. The minimum Gasteiger partial charge on any atom is -0.360 e. The van der Waals surface area contributed by atoms with Crippen molar-refractivity contribution in [2.45, 2.75) is 10.8 Å². The molecule has 0 aliphatic carbocycles. The molecule has 0 radical (unpaired) electrons. The topological polar surface area (TPSA) is 43.8 Å². The fraction of sp³-hybridized carbons (Fsp3) is 0.500. The van der Waals surface area contributed by atoms with E-state index in [1.54, 1.807) is 11.3 Å². The van der Waals surface area contributed by atoms with Crippen LogP contribution in [0.25, 0.3) is 0 Å². The highest BCUT2D eigenvalue weighted by molar-refractivity contribution is 14.0. The van der Waals surface area contributed by atoms with Crippen LogP contribution in [-0.4, -0.2) is 61.4 Å². The van der Waals surface area contributed by atoms with Gasteiger partial charge >= 0.3 is 0 Å². The van der Waals surface area contributed by atoms with Crippen molar-refractivity contribution < 1.29 is 0 Å². The summed E-state index contributed by atoms with van der Waals surface area (Å²) in [5.41, 5.74) is 0. The van der Waals surface area contributed by atoms with Gasteiger partial charge in [0.1, 0.15) is 4.34 Å². The number of hydrogen-bond acceptors (Lipinski definition) is 6. The van der Waals surface area contributed by atoms with E-state index in [2.05, 4.69) is 42.6 Å². The number of halogens is 1. The average Bonchev–Trinajstić information content (AvgIpc) is 3.32. The number of thioether (sulfide) groups is 1. The van der Waals surface area contributed by atoms with Crippen molar-refractivity contribution in [2.24, 2.45) is 4.99 Å². The zero-order chi connectivity index (χ0) is 16.6. The van der Waals surface area contributed by atoms with E-state index in [0.29, 0.717) is 0 Å². The predicted molar refractivity (Wildman–Crippen MR) is 122 cm³/mol. The first kappa shape index (κ1) is 20.8. The van der Waals surface area contributed by atoms with Crippen LogP contribution in [0.15, 0.2) is 38.4 Å². The van der Waals surface area contributed by atoms with Crippen LogP contribution >= 0.6 is 58.4 Å². The molecule has 1 N–H and O–H groups in total. The van der Waals surface area contributed by atoms with Crippen LogP contribution in [0.1, 0.15) is 6.42 Å². The summed E-state index contributed by atoms with van der Waals surface area (Å²) >= 11 is 5.36. The molecule has 1 fully saturated rings. The number of nitrogens with zero attached hydrogens (tertiary/aromatic N) is 4. The van der Waals surface area contributed by atoms with Gasteiger partial charge in [0.2, 0.25) is 0 Å². The van der Waals surface area contributed by atoms with Crippen molar-refractivity contribution in [2.75, 3.05) is 50.4 Å². The molecule has 3 rings (SSSR count). The number of aromatic nitrogens is 1. The number of hydrogen-bond donors (Lipinski definition) is 1. The Kier molecular flexibility index (Phi) is 9.35. The molecule has 1 aliphatic rings. The summed E-state index contributed by atoms with van der Waals surface area (Å²) in [7, 11) is 1.87. The minimum atomic E-state index is 0. The van der Waals surface area contributed by atoms with Crippen molar-refractivity contribution >= 4 is 69.4 Å². The van der Waals surface area contributed by atoms with E-state index in [-0.39, 0.29) is 24.0 Å². The summed E-state index contributed by atoms with van der Waals surface area (Å²) in [6, 6.07) is 4.32. The largest absolute Gasteiger partial charge is 0.360 e. The van der Waals surface area contributed by atoms with E-state index in [0.717, 1.165) is 55.2 Å². The van der Waals surface area contributed by atoms with Gasteiger partial charge in [0.05, 0.1) is 5.00 Å². The zero-order valence-corrected chi connectivity index (χ0v) is 19.0. The molecule has 1 saturated heterocycles. The van der Waals surface area contributed by atoms with Crippen molar-refractivity contribution in [3.05, 3.63) is 29.1 Å². The standard InChI is InChI=1S/C16H23N5S3.HI/c1-17-15(18-5-3-12-23-16-19-6-13-24-16)21-9-7-20(8-10-21)14-4-2-11-22-14;/h2,4,6,11,13H,3,5,7-10,12H2,1H3,(H,17,18);1H. The summed E-state index contributed by atoms with van der Waals surface area (Å²) in [5, 5.41) is 9.04. The van der Waals surface area contributed by atoms with Crippen LogP contribution in [0, 0.1) is 0 Å². The van der Waals surface area contributed by atoms with Crippen molar-refractivity contribution in [1.29, 1.82) is 0 Å². The molecule has 0 atom stereocenters. The Bertz CT molecular complexity index is 610. The number of piperazine rings is 1. The third-order valence-corrected chi connectivity index (χ3v) is 6.83. The van der Waals surface area contributed by atoms with Crippen molar-refractivity contribution in [3.8, 4) is 0 Å². The summed E-state index contributed by atoms with van der Waals surface area (Å²) < 4.78 is 1.16. The Balaban J connectivity index is 0.00000225. The van der Waals surface area contributed by atoms with Crippen LogP contribution in [0.4, 0.5) is 5.00 Å². The highest BCUT2D eigenvalue weighted by Crippen LogP contribution is 2.22. The van der Waals surface area contributed by atoms with Gasteiger partial charge in [-0.3, -0.25) is 4.99 Å². The Hall–Kier alpha value is -0.520. The fourth-order valence-corrected chi connectivity index (χ4v) is 5.07. The first-order valence-electron chi connectivity index (χ1n) is 8.13. The molecule has 0 bridgehead atoms. The highest BCUT2D eigenvalue weighted by Gasteiger charge is 2.19. The molecule has 138 valence electrons. The molecule has 9 heteroatoms. The number of nitrogens with one attached hydrogen (secondary N) is 1. The number of aliphatic imine (C=N–C) groups is 1. The van der Waals surface area contributed by atoms with Gasteiger partial charge < -0.3 is 15.1 Å². The molecule has 2 aromatic heterocycles. The van der Waals surface area contributed by atoms with Crippen molar-refractivity contribution in [1.82, 2.24) is 15.2 Å². The number of thiophene rings is 1. The van der Waals surface area contributed by atoms with E-state index in [4.69, 9.17) is 0 Å². The van der Waals surface area contributed by atoms with Gasteiger partial charge in [-0.2, -0.15) is 0 Å². The lowest BCUT2D eigenvalue weighted by atomic mass is 10.3. The second-order valence-electron chi connectivity index (χ2n) is 5.40. The lowest BCUT2D eigenvalue weighted by Gasteiger charge is -2.37. The molecular weight excluding hydrogens is 485 g/mol. The van der Waals surface area contributed by atoms with Gasteiger partial charge in [-0.15, -0.1) is 46.7 Å². The van der Waals surface area contributed by atoms with Crippen LogP contribution < -0.4 is 10.2 Å². The first-order chi connectivity index (χ1) is 11.9. The molecule has 0 unspecified atom stereocenters. The summed E-state index contributed by atoms with van der Waals surface area (Å²) in [6.07, 6.45) is 2.97. The van der Waals surface area contributed by atoms with E-state index in [1.807, 2.05) is 41.7 Å². The maximum atomic E-state index is 4.45. The Morgan fingerprint density at radius 2 is 2.12 bits per heavy atom. The number of rotatable bonds is 6. The molecule has 0 spiro atoms. The monoisotopic (exact) mass is 509 g/mol. The normalized spacial score (nSPS) is 15.2. The maximum Gasteiger partial charge on any atom is 0.193 e. The van der Waals surface area contributed by atoms with Crippen LogP contribution in [0.5, 0.6) is 0 Å². The summed E-state index contributed by atoms with van der Waals surface area (Å²) in [6.45, 7) is 5.11. The molecule has 0 aromatic carbocycles. The van der Waals surface area contributed by atoms with Gasteiger partial charge in [-0.25, -0.2) is 4.98 Å². The van der Waals surface area contributed by atoms with Crippen LogP contribution in [-0.2, 0) is 0 Å². The Labute approximate surface area is 178 Å². The van der Waals surface area contributed by atoms with E-state index in [1.165, 1.54) is 5.00 Å². The molecule has 5 nitrogen and oxygen atoms in total. The van der Waals surface area contributed by atoms with E-state index >= 15 is 0 Å². The number of thiazole rings is 1. The van der Waals surface area contributed by atoms with Crippen molar-refractivity contribution in [3.63, 3.8) is 0 Å². The van der Waals surface area contributed by atoms with Gasteiger partial charge in [0.25, 0.3) is 0 Å². The number of anilines is 1. The van der Waals surface area contributed by atoms with Crippen LogP contribution in [0.2, 0.25) is 0 Å². The second kappa shape index (κ2) is 11.2. The third kappa shape index (κ3) is 6.30. The van der Waals surface area contributed by atoms with Gasteiger partial charge in [0, 0.05) is 57.1 Å².